The number of carbonyl (C=O) groups is 1. The topological polar surface area (TPSA) is 26.3 Å². The van der Waals surface area contributed by atoms with Gasteiger partial charge in [-0.3, -0.25) is 0 Å². The molecule has 0 spiro atoms. The fraction of sp³-hybridized carbons (Fsp3) is 0.438. The molecule has 0 saturated heterocycles. The average molecular weight is 242 g/mol. The minimum absolute atomic E-state index is 0.259. The van der Waals surface area contributed by atoms with E-state index in [1.807, 2.05) is 12.1 Å². The van der Waals surface area contributed by atoms with Crippen molar-refractivity contribution < 1.29 is 9.53 Å². The van der Waals surface area contributed by atoms with E-state index in [1.165, 1.54) is 31.9 Å². The number of methoxy groups -OCH3 is 1. The predicted octanol–water partition coefficient (Wildman–Crippen LogP) is 3.54. The van der Waals surface area contributed by atoms with E-state index in [0.717, 1.165) is 11.8 Å². The zero-order chi connectivity index (χ0) is 12.5. The molecule has 2 aliphatic carbocycles. The van der Waals surface area contributed by atoms with Gasteiger partial charge in [0.05, 0.1) is 12.7 Å². The van der Waals surface area contributed by atoms with Crippen LogP contribution in [0.4, 0.5) is 0 Å². The highest BCUT2D eigenvalue weighted by atomic mass is 16.5. The maximum absolute atomic E-state index is 11.4. The van der Waals surface area contributed by atoms with E-state index in [0.29, 0.717) is 11.5 Å². The molecule has 0 radical (unpaired) electrons. The van der Waals surface area contributed by atoms with Crippen LogP contribution in [0.25, 0.3) is 0 Å². The minimum atomic E-state index is -0.259. The summed E-state index contributed by atoms with van der Waals surface area (Å²) in [5, 5.41) is 0. The van der Waals surface area contributed by atoms with Crippen LogP contribution in [0.3, 0.4) is 0 Å². The van der Waals surface area contributed by atoms with Gasteiger partial charge < -0.3 is 4.74 Å². The fourth-order valence-electron chi connectivity index (χ4n) is 3.28. The molecule has 0 bridgehead atoms. The van der Waals surface area contributed by atoms with E-state index in [1.54, 1.807) is 0 Å². The highest BCUT2D eigenvalue weighted by Gasteiger charge is 2.40. The standard InChI is InChI=1S/C16H18O2/c1-18-16(17)12-8-6-11(7-9-12)15-10-13-4-2-3-5-14(13)15/h3,5-9,13-15H,2,4,10H2,1H3/t13-,14-,15+/m0/s1. The number of ether oxygens (including phenoxy) is 1. The van der Waals surface area contributed by atoms with Gasteiger partial charge in [-0.2, -0.15) is 0 Å². The molecule has 0 aromatic heterocycles. The molecule has 2 nitrogen and oxygen atoms in total. The lowest BCUT2D eigenvalue weighted by atomic mass is 9.59. The SMILES string of the molecule is COC(=O)c1ccc([C@H]2C[C@@H]3CCC=C[C@@H]32)cc1. The van der Waals surface area contributed by atoms with Crippen LogP contribution in [0, 0.1) is 11.8 Å². The van der Waals surface area contributed by atoms with Gasteiger partial charge >= 0.3 is 5.97 Å². The van der Waals surface area contributed by atoms with E-state index in [-0.39, 0.29) is 5.97 Å². The second-order valence-corrected chi connectivity index (χ2v) is 5.30. The highest BCUT2D eigenvalue weighted by molar-refractivity contribution is 5.89. The minimum Gasteiger partial charge on any atom is -0.465 e. The van der Waals surface area contributed by atoms with Crippen molar-refractivity contribution in [2.45, 2.75) is 25.2 Å². The van der Waals surface area contributed by atoms with Crippen LogP contribution in [-0.2, 0) is 4.74 Å². The molecular formula is C16H18O2. The van der Waals surface area contributed by atoms with Crippen molar-refractivity contribution in [2.75, 3.05) is 7.11 Å². The molecule has 3 rings (SSSR count). The summed E-state index contributed by atoms with van der Waals surface area (Å²) in [7, 11) is 1.42. The molecule has 0 aliphatic heterocycles. The molecule has 1 saturated carbocycles. The number of hydrogen-bond acceptors (Lipinski definition) is 2. The lowest BCUT2D eigenvalue weighted by molar-refractivity contribution is 0.0600. The van der Waals surface area contributed by atoms with Gasteiger partial charge in [-0.25, -0.2) is 4.79 Å². The predicted molar refractivity (Wildman–Crippen MR) is 70.5 cm³/mol. The molecule has 94 valence electrons. The van der Waals surface area contributed by atoms with Gasteiger partial charge in [0.25, 0.3) is 0 Å². The second-order valence-electron chi connectivity index (χ2n) is 5.30. The van der Waals surface area contributed by atoms with Crippen LogP contribution >= 0.6 is 0 Å². The number of carbonyl (C=O) groups excluding carboxylic acids is 1. The Morgan fingerprint density at radius 3 is 2.72 bits per heavy atom. The molecule has 1 aromatic rings. The summed E-state index contributed by atoms with van der Waals surface area (Å²) in [5.74, 6) is 2.01. The van der Waals surface area contributed by atoms with E-state index in [2.05, 4.69) is 24.3 Å². The van der Waals surface area contributed by atoms with Gasteiger partial charge in [0.1, 0.15) is 0 Å². The summed E-state index contributed by atoms with van der Waals surface area (Å²) in [5.41, 5.74) is 1.99. The molecule has 0 unspecified atom stereocenters. The number of fused-ring (bicyclic) bond motifs is 1. The lowest BCUT2D eigenvalue weighted by Crippen LogP contribution is -2.35. The van der Waals surface area contributed by atoms with Crippen molar-refractivity contribution in [3.05, 3.63) is 47.5 Å². The normalized spacial score (nSPS) is 29.3. The number of hydrogen-bond donors (Lipinski definition) is 0. The van der Waals surface area contributed by atoms with E-state index in [9.17, 15) is 4.79 Å². The van der Waals surface area contributed by atoms with Crippen LogP contribution in [0.1, 0.15) is 41.1 Å². The number of esters is 1. The summed E-state index contributed by atoms with van der Waals surface area (Å²) >= 11 is 0. The number of rotatable bonds is 2. The third-order valence-electron chi connectivity index (χ3n) is 4.39. The van der Waals surface area contributed by atoms with Gasteiger partial charge in [-0.15, -0.1) is 0 Å². The first-order valence-corrected chi connectivity index (χ1v) is 6.64. The smallest absolute Gasteiger partial charge is 0.337 e. The number of allylic oxidation sites excluding steroid dienone is 2. The molecule has 3 atom stereocenters. The maximum atomic E-state index is 11.4. The van der Waals surface area contributed by atoms with Crippen LogP contribution in [-0.4, -0.2) is 13.1 Å². The Morgan fingerprint density at radius 1 is 1.28 bits per heavy atom. The Balaban J connectivity index is 1.76. The Hall–Kier alpha value is -1.57. The molecule has 1 fully saturated rings. The van der Waals surface area contributed by atoms with Gasteiger partial charge in [0.15, 0.2) is 0 Å². The zero-order valence-electron chi connectivity index (χ0n) is 10.6. The molecule has 0 amide bonds. The molecule has 2 aliphatic rings. The molecule has 2 heteroatoms. The van der Waals surface area contributed by atoms with Crippen molar-refractivity contribution >= 4 is 5.97 Å². The number of benzene rings is 1. The van der Waals surface area contributed by atoms with Crippen molar-refractivity contribution in [1.29, 1.82) is 0 Å². The zero-order valence-corrected chi connectivity index (χ0v) is 10.6. The monoisotopic (exact) mass is 242 g/mol. The second kappa shape index (κ2) is 4.60. The molecule has 0 heterocycles. The van der Waals surface area contributed by atoms with Crippen molar-refractivity contribution in [1.82, 2.24) is 0 Å². The summed E-state index contributed by atoms with van der Waals surface area (Å²) in [6.07, 6.45) is 8.59. The van der Waals surface area contributed by atoms with Crippen molar-refractivity contribution in [3.63, 3.8) is 0 Å². The highest BCUT2D eigenvalue weighted by Crippen LogP contribution is 2.51. The molecule has 1 aromatic carbocycles. The Labute approximate surface area is 108 Å². The van der Waals surface area contributed by atoms with Gasteiger partial charge in [0.2, 0.25) is 0 Å². The summed E-state index contributed by atoms with van der Waals surface area (Å²) < 4.78 is 4.71. The van der Waals surface area contributed by atoms with E-state index in [4.69, 9.17) is 4.74 Å². The first kappa shape index (κ1) is 11.5. The molecule has 18 heavy (non-hydrogen) atoms. The summed E-state index contributed by atoms with van der Waals surface area (Å²) in [6, 6.07) is 7.91. The third kappa shape index (κ3) is 1.86. The largest absolute Gasteiger partial charge is 0.465 e. The van der Waals surface area contributed by atoms with Gasteiger partial charge in [-0.05, 0) is 54.7 Å². The summed E-state index contributed by atoms with van der Waals surface area (Å²) in [6.45, 7) is 0. The van der Waals surface area contributed by atoms with Crippen LogP contribution in [0.5, 0.6) is 0 Å². The maximum Gasteiger partial charge on any atom is 0.337 e. The third-order valence-corrected chi connectivity index (χ3v) is 4.39. The Morgan fingerprint density at radius 2 is 2.06 bits per heavy atom. The first-order chi connectivity index (χ1) is 8.79. The molecule has 0 N–H and O–H groups in total. The van der Waals surface area contributed by atoms with E-state index < -0.39 is 0 Å². The van der Waals surface area contributed by atoms with Gasteiger partial charge in [-0.1, -0.05) is 24.3 Å². The van der Waals surface area contributed by atoms with Crippen LogP contribution < -0.4 is 0 Å². The summed E-state index contributed by atoms with van der Waals surface area (Å²) in [4.78, 5) is 11.4. The van der Waals surface area contributed by atoms with Crippen molar-refractivity contribution in [2.24, 2.45) is 11.8 Å². The lowest BCUT2D eigenvalue weighted by Gasteiger charge is -2.45. The van der Waals surface area contributed by atoms with Crippen molar-refractivity contribution in [3.8, 4) is 0 Å². The van der Waals surface area contributed by atoms with Crippen LogP contribution in [0.2, 0.25) is 0 Å². The fourth-order valence-corrected chi connectivity index (χ4v) is 3.28. The Kier molecular flexibility index (Phi) is 2.94. The van der Waals surface area contributed by atoms with Crippen LogP contribution in [0.15, 0.2) is 36.4 Å². The van der Waals surface area contributed by atoms with E-state index >= 15 is 0 Å². The quantitative estimate of drug-likeness (QED) is 0.585. The average Bonchev–Trinajstić information content (AvgIpc) is 2.40. The van der Waals surface area contributed by atoms with Gasteiger partial charge in [0, 0.05) is 0 Å². The molecular weight excluding hydrogens is 224 g/mol. The first-order valence-electron chi connectivity index (χ1n) is 6.64. The Bertz CT molecular complexity index is 472.